The van der Waals surface area contributed by atoms with E-state index in [9.17, 15) is 0 Å². The Morgan fingerprint density at radius 3 is 2.73 bits per heavy atom. The van der Waals surface area contributed by atoms with Crippen LogP contribution in [0.2, 0.25) is 0 Å². The maximum Gasteiger partial charge on any atom is 0.140 e. The van der Waals surface area contributed by atoms with Crippen molar-refractivity contribution < 1.29 is 4.74 Å². The van der Waals surface area contributed by atoms with Crippen LogP contribution in [0.5, 0.6) is 5.75 Å². The van der Waals surface area contributed by atoms with Crippen LogP contribution in [-0.4, -0.2) is 17.1 Å². The number of ether oxygens (including phenoxy) is 1. The molecule has 0 fully saturated rings. The lowest BCUT2D eigenvalue weighted by molar-refractivity contribution is 0.415. The summed E-state index contributed by atoms with van der Waals surface area (Å²) in [6.07, 6.45) is 4.84. The molecule has 0 aliphatic heterocycles. The van der Waals surface area contributed by atoms with Crippen molar-refractivity contribution in [2.45, 2.75) is 25.7 Å². The zero-order chi connectivity index (χ0) is 15.1. The van der Waals surface area contributed by atoms with Gasteiger partial charge in [0.25, 0.3) is 0 Å². The van der Waals surface area contributed by atoms with Gasteiger partial charge < -0.3 is 9.72 Å². The molecule has 0 unspecified atom stereocenters. The summed E-state index contributed by atoms with van der Waals surface area (Å²) in [4.78, 5) is 10.7. The normalized spacial score (nSPS) is 14.0. The third-order valence-corrected chi connectivity index (χ3v) is 5.68. The second-order valence-electron chi connectivity index (χ2n) is 5.53. The Labute approximate surface area is 138 Å². The number of rotatable bonds is 2. The maximum atomic E-state index is 5.62. The second-order valence-corrected chi connectivity index (χ2v) is 7.03. The van der Waals surface area contributed by atoms with Crippen LogP contribution in [0.15, 0.2) is 24.3 Å². The van der Waals surface area contributed by atoms with Crippen molar-refractivity contribution in [2.24, 2.45) is 0 Å². The number of methoxy groups -OCH3 is 1. The lowest BCUT2D eigenvalue weighted by atomic mass is 9.97. The predicted octanol–water partition coefficient (Wildman–Crippen LogP) is 4.91. The summed E-state index contributed by atoms with van der Waals surface area (Å²) < 4.78 is 6.02. The summed E-state index contributed by atoms with van der Waals surface area (Å²) >= 11 is 7.42. The van der Waals surface area contributed by atoms with Gasteiger partial charge in [0.15, 0.2) is 0 Å². The second kappa shape index (κ2) is 5.48. The van der Waals surface area contributed by atoms with Crippen LogP contribution in [0.25, 0.3) is 21.6 Å². The molecule has 0 atom stereocenters. The first-order valence-electron chi connectivity index (χ1n) is 7.45. The van der Waals surface area contributed by atoms with E-state index in [1.54, 1.807) is 7.11 Å². The van der Waals surface area contributed by atoms with Crippen LogP contribution in [0, 0.1) is 4.64 Å². The van der Waals surface area contributed by atoms with Crippen LogP contribution in [-0.2, 0) is 12.8 Å². The molecule has 1 aromatic carbocycles. The molecule has 0 saturated heterocycles. The van der Waals surface area contributed by atoms with Gasteiger partial charge >= 0.3 is 0 Å². The van der Waals surface area contributed by atoms with Crippen molar-refractivity contribution in [3.63, 3.8) is 0 Å². The molecule has 0 saturated carbocycles. The van der Waals surface area contributed by atoms with Gasteiger partial charge in [0.2, 0.25) is 0 Å². The molecule has 5 heteroatoms. The molecule has 0 radical (unpaired) electrons. The van der Waals surface area contributed by atoms with E-state index in [1.807, 2.05) is 35.6 Å². The van der Waals surface area contributed by atoms with E-state index in [-0.39, 0.29) is 0 Å². The smallest absolute Gasteiger partial charge is 0.140 e. The third-order valence-electron chi connectivity index (χ3n) is 4.19. The monoisotopic (exact) mass is 328 g/mol. The highest BCUT2D eigenvalue weighted by Gasteiger charge is 2.18. The molecule has 112 valence electrons. The average molecular weight is 328 g/mol. The highest BCUT2D eigenvalue weighted by Crippen LogP contribution is 2.36. The number of aromatic amines is 1. The zero-order valence-electron chi connectivity index (χ0n) is 12.3. The summed E-state index contributed by atoms with van der Waals surface area (Å²) in [6, 6.07) is 7.90. The quantitative estimate of drug-likeness (QED) is 0.679. The van der Waals surface area contributed by atoms with Crippen molar-refractivity contribution in [1.82, 2.24) is 9.97 Å². The molecule has 0 spiro atoms. The third kappa shape index (κ3) is 2.25. The molecule has 22 heavy (non-hydrogen) atoms. The number of nitrogens with one attached hydrogen (secondary N) is 1. The number of aryl methyl sites for hydroxylation is 2. The van der Waals surface area contributed by atoms with Crippen LogP contribution < -0.4 is 4.74 Å². The fourth-order valence-corrected chi connectivity index (χ4v) is 4.70. The Morgan fingerprint density at radius 1 is 1.18 bits per heavy atom. The molecule has 1 aliphatic rings. The molecule has 0 bridgehead atoms. The van der Waals surface area contributed by atoms with E-state index < -0.39 is 0 Å². The summed E-state index contributed by atoms with van der Waals surface area (Å²) in [5.41, 5.74) is 2.46. The molecule has 2 heterocycles. The van der Waals surface area contributed by atoms with Crippen molar-refractivity contribution in [2.75, 3.05) is 7.11 Å². The minimum absolute atomic E-state index is 0.815. The van der Waals surface area contributed by atoms with Gasteiger partial charge in [-0.25, -0.2) is 4.98 Å². The topological polar surface area (TPSA) is 37.9 Å². The van der Waals surface area contributed by atoms with E-state index in [1.165, 1.54) is 35.1 Å². The number of nitrogens with zero attached hydrogens (tertiary/aromatic N) is 1. The van der Waals surface area contributed by atoms with E-state index in [2.05, 4.69) is 4.98 Å². The number of hydrogen-bond acceptors (Lipinski definition) is 4. The van der Waals surface area contributed by atoms with Gasteiger partial charge in [0.1, 0.15) is 21.0 Å². The van der Waals surface area contributed by atoms with E-state index in [4.69, 9.17) is 21.9 Å². The lowest BCUT2D eigenvalue weighted by Gasteiger charge is -2.10. The van der Waals surface area contributed by atoms with Crippen LogP contribution >= 0.6 is 23.6 Å². The zero-order valence-corrected chi connectivity index (χ0v) is 13.9. The number of aromatic nitrogens is 2. The van der Waals surface area contributed by atoms with Gasteiger partial charge in [0.05, 0.1) is 7.11 Å². The van der Waals surface area contributed by atoms with Crippen LogP contribution in [0.1, 0.15) is 23.3 Å². The summed E-state index contributed by atoms with van der Waals surface area (Å²) in [6.45, 7) is 0. The van der Waals surface area contributed by atoms with Crippen LogP contribution in [0.4, 0.5) is 0 Å². The minimum Gasteiger partial charge on any atom is -0.497 e. The number of thiophene rings is 1. The van der Waals surface area contributed by atoms with Crippen molar-refractivity contribution in [3.05, 3.63) is 39.3 Å². The Kier molecular flexibility index (Phi) is 3.47. The standard InChI is InChI=1S/C17H16N2OS2/c1-20-11-8-6-10(7-9-11)15-18-16(21)14-12-4-2-3-5-13(12)22-17(14)19-15/h6-9H,2-5H2,1H3,(H,18,19,21). The molecular weight excluding hydrogens is 312 g/mol. The largest absolute Gasteiger partial charge is 0.497 e. The molecule has 2 aromatic heterocycles. The highest BCUT2D eigenvalue weighted by atomic mass is 32.1. The van der Waals surface area contributed by atoms with Gasteiger partial charge in [-0.05, 0) is 55.5 Å². The molecular formula is C17H16N2OS2. The van der Waals surface area contributed by atoms with Gasteiger partial charge in [0, 0.05) is 15.8 Å². The number of benzene rings is 1. The Hall–Kier alpha value is -1.72. The maximum absolute atomic E-state index is 5.62. The average Bonchev–Trinajstić information content (AvgIpc) is 2.93. The van der Waals surface area contributed by atoms with E-state index in [0.29, 0.717) is 0 Å². The predicted molar refractivity (Wildman–Crippen MR) is 93.4 cm³/mol. The molecule has 0 amide bonds. The fraction of sp³-hybridized carbons (Fsp3) is 0.294. The van der Waals surface area contributed by atoms with Crippen molar-refractivity contribution >= 4 is 33.8 Å². The first-order valence-corrected chi connectivity index (χ1v) is 8.68. The molecule has 4 rings (SSSR count). The van der Waals surface area contributed by atoms with Gasteiger partial charge in [-0.2, -0.15) is 0 Å². The molecule has 1 aliphatic carbocycles. The molecule has 3 aromatic rings. The van der Waals surface area contributed by atoms with Crippen molar-refractivity contribution in [3.8, 4) is 17.1 Å². The Morgan fingerprint density at radius 2 is 1.95 bits per heavy atom. The molecule has 1 N–H and O–H groups in total. The first-order chi connectivity index (χ1) is 10.8. The van der Waals surface area contributed by atoms with E-state index >= 15 is 0 Å². The summed E-state index contributed by atoms with van der Waals surface area (Å²) in [5, 5.41) is 1.17. The minimum atomic E-state index is 0.815. The van der Waals surface area contributed by atoms with Crippen molar-refractivity contribution in [1.29, 1.82) is 0 Å². The number of fused-ring (bicyclic) bond motifs is 3. The van der Waals surface area contributed by atoms with Gasteiger partial charge in [-0.1, -0.05) is 12.2 Å². The van der Waals surface area contributed by atoms with Crippen LogP contribution in [0.3, 0.4) is 0 Å². The molecule has 3 nitrogen and oxygen atoms in total. The lowest BCUT2D eigenvalue weighted by Crippen LogP contribution is -1.98. The van der Waals surface area contributed by atoms with E-state index in [0.717, 1.165) is 33.0 Å². The van der Waals surface area contributed by atoms with Gasteiger partial charge in [-0.3, -0.25) is 0 Å². The van der Waals surface area contributed by atoms with Gasteiger partial charge in [-0.15, -0.1) is 11.3 Å². The Bertz CT molecular complexity index is 893. The number of H-pyrrole nitrogens is 1. The fourth-order valence-electron chi connectivity index (χ4n) is 3.05. The first kappa shape index (κ1) is 13.9. The highest BCUT2D eigenvalue weighted by molar-refractivity contribution is 7.71. The Balaban J connectivity index is 1.87. The number of hydrogen-bond donors (Lipinski definition) is 1. The summed E-state index contributed by atoms with van der Waals surface area (Å²) in [7, 11) is 1.67. The summed E-state index contributed by atoms with van der Waals surface area (Å²) in [5.74, 6) is 1.67. The SMILES string of the molecule is COc1ccc(-c2nc3sc4c(c3c(=S)[nH]2)CCCC4)cc1.